The van der Waals surface area contributed by atoms with E-state index in [0.29, 0.717) is 27.8 Å². The van der Waals surface area contributed by atoms with Crippen LogP contribution in [0.2, 0.25) is 0 Å². The fourth-order valence-electron chi connectivity index (χ4n) is 4.61. The van der Waals surface area contributed by atoms with Crippen LogP contribution in [0.3, 0.4) is 0 Å². The van der Waals surface area contributed by atoms with Crippen molar-refractivity contribution in [2.45, 2.75) is 59.8 Å². The Morgan fingerprint density at radius 3 is 2.81 bits per heavy atom. The van der Waals surface area contributed by atoms with Gasteiger partial charge < -0.3 is 10.6 Å². The van der Waals surface area contributed by atoms with Gasteiger partial charge in [0, 0.05) is 24.2 Å². The average molecular weight is 386 g/mol. The molecule has 2 atom stereocenters. The standard InChI is InChI=1S/C22H31N3OS/c1-13-6-5-9-25(12-13)21(26)19-18(23)16-11-14-10-15(22(2,3)4)7-8-17(14)24-20(16)27-19/h11,13,15H,5-10,12,23H2,1-4H3. The number of pyridine rings is 1. The molecule has 1 amide bonds. The van der Waals surface area contributed by atoms with Crippen molar-refractivity contribution in [3.63, 3.8) is 0 Å². The number of nitrogens with zero attached hydrogens (tertiary/aromatic N) is 2. The summed E-state index contributed by atoms with van der Waals surface area (Å²) in [6.45, 7) is 10.9. The Hall–Kier alpha value is -1.62. The van der Waals surface area contributed by atoms with E-state index in [0.717, 1.165) is 42.6 Å². The first-order valence-electron chi connectivity index (χ1n) is 10.2. The highest BCUT2D eigenvalue weighted by atomic mass is 32.1. The van der Waals surface area contributed by atoms with Gasteiger partial charge in [-0.3, -0.25) is 4.79 Å². The number of nitrogens with two attached hydrogens (primary N) is 1. The van der Waals surface area contributed by atoms with Crippen LogP contribution in [0.4, 0.5) is 5.69 Å². The van der Waals surface area contributed by atoms with Crippen molar-refractivity contribution >= 4 is 33.1 Å². The first-order chi connectivity index (χ1) is 12.7. The molecule has 2 unspecified atom stereocenters. The van der Waals surface area contributed by atoms with Crippen molar-refractivity contribution in [3.8, 4) is 0 Å². The van der Waals surface area contributed by atoms with Crippen molar-refractivity contribution < 1.29 is 4.79 Å². The lowest BCUT2D eigenvalue weighted by molar-refractivity contribution is 0.0689. The number of carbonyl (C=O) groups is 1. The number of fused-ring (bicyclic) bond motifs is 2. The summed E-state index contributed by atoms with van der Waals surface area (Å²) >= 11 is 1.48. The maximum atomic E-state index is 13.1. The number of carbonyl (C=O) groups excluding carboxylic acids is 1. The van der Waals surface area contributed by atoms with E-state index >= 15 is 0 Å². The molecular formula is C22H31N3OS. The predicted molar refractivity (Wildman–Crippen MR) is 113 cm³/mol. The zero-order valence-electron chi connectivity index (χ0n) is 17.0. The second kappa shape index (κ2) is 6.77. The molecule has 3 heterocycles. The third-order valence-corrected chi connectivity index (χ3v) is 7.55. The summed E-state index contributed by atoms with van der Waals surface area (Å²) in [5, 5.41) is 0.974. The molecule has 2 aromatic heterocycles. The quantitative estimate of drug-likeness (QED) is 0.759. The van der Waals surface area contributed by atoms with Crippen molar-refractivity contribution in [1.29, 1.82) is 0 Å². The Morgan fingerprint density at radius 1 is 1.33 bits per heavy atom. The minimum atomic E-state index is 0.0904. The highest BCUT2D eigenvalue weighted by Gasteiger charge is 2.31. The topological polar surface area (TPSA) is 59.2 Å². The molecule has 1 fully saturated rings. The highest BCUT2D eigenvalue weighted by molar-refractivity contribution is 7.21. The Labute approximate surface area is 166 Å². The van der Waals surface area contributed by atoms with Gasteiger partial charge in [-0.2, -0.15) is 0 Å². The number of piperidine rings is 1. The first-order valence-corrected chi connectivity index (χ1v) is 11.1. The lowest BCUT2D eigenvalue weighted by Crippen LogP contribution is -2.38. The van der Waals surface area contributed by atoms with E-state index in [1.165, 1.54) is 35.4 Å². The number of amides is 1. The smallest absolute Gasteiger partial charge is 0.266 e. The van der Waals surface area contributed by atoms with Crippen LogP contribution in [-0.2, 0) is 12.8 Å². The van der Waals surface area contributed by atoms with E-state index in [2.05, 4.69) is 33.8 Å². The lowest BCUT2D eigenvalue weighted by atomic mass is 9.71. The lowest BCUT2D eigenvalue weighted by Gasteiger charge is -2.34. The van der Waals surface area contributed by atoms with Crippen LogP contribution in [0.1, 0.15) is 67.9 Å². The van der Waals surface area contributed by atoms with E-state index < -0.39 is 0 Å². The van der Waals surface area contributed by atoms with Gasteiger partial charge in [0.15, 0.2) is 0 Å². The van der Waals surface area contributed by atoms with E-state index in [1.54, 1.807) is 0 Å². The number of anilines is 1. The number of aryl methyl sites for hydroxylation is 1. The second-order valence-electron chi connectivity index (χ2n) is 9.60. The number of hydrogen-bond acceptors (Lipinski definition) is 4. The third-order valence-electron chi connectivity index (χ3n) is 6.45. The molecule has 1 aliphatic heterocycles. The highest BCUT2D eigenvalue weighted by Crippen LogP contribution is 2.40. The maximum Gasteiger partial charge on any atom is 0.266 e. The van der Waals surface area contributed by atoms with Crippen LogP contribution < -0.4 is 5.73 Å². The van der Waals surface area contributed by atoms with Gasteiger partial charge in [0.1, 0.15) is 9.71 Å². The summed E-state index contributed by atoms with van der Waals surface area (Å²) in [5.74, 6) is 1.32. The summed E-state index contributed by atoms with van der Waals surface area (Å²) in [7, 11) is 0. The fraction of sp³-hybridized carbons (Fsp3) is 0.636. The molecule has 4 rings (SSSR count). The molecular weight excluding hydrogens is 354 g/mol. The minimum Gasteiger partial charge on any atom is -0.397 e. The van der Waals surface area contributed by atoms with Gasteiger partial charge in [0.2, 0.25) is 0 Å². The molecule has 2 aliphatic rings. The maximum absolute atomic E-state index is 13.1. The van der Waals surface area contributed by atoms with Crippen molar-refractivity contribution in [1.82, 2.24) is 9.88 Å². The molecule has 0 spiro atoms. The molecule has 27 heavy (non-hydrogen) atoms. The number of hydrogen-bond donors (Lipinski definition) is 1. The van der Waals surface area contributed by atoms with Gasteiger partial charge >= 0.3 is 0 Å². The molecule has 5 heteroatoms. The van der Waals surface area contributed by atoms with Gasteiger partial charge in [-0.25, -0.2) is 4.98 Å². The van der Waals surface area contributed by atoms with Crippen LogP contribution in [0.25, 0.3) is 10.2 Å². The minimum absolute atomic E-state index is 0.0904. The molecule has 0 bridgehead atoms. The molecule has 0 saturated carbocycles. The van der Waals surface area contributed by atoms with E-state index in [-0.39, 0.29) is 5.91 Å². The fourth-order valence-corrected chi connectivity index (χ4v) is 5.67. The number of aromatic nitrogens is 1. The van der Waals surface area contributed by atoms with E-state index in [4.69, 9.17) is 10.7 Å². The predicted octanol–water partition coefficient (Wildman–Crippen LogP) is 4.90. The Morgan fingerprint density at radius 2 is 2.11 bits per heavy atom. The van der Waals surface area contributed by atoms with Gasteiger partial charge in [-0.1, -0.05) is 27.7 Å². The van der Waals surface area contributed by atoms with Crippen LogP contribution in [-0.4, -0.2) is 28.9 Å². The molecule has 2 aromatic rings. The van der Waals surface area contributed by atoms with Crippen LogP contribution in [0.5, 0.6) is 0 Å². The van der Waals surface area contributed by atoms with Crippen molar-refractivity contribution in [2.24, 2.45) is 17.3 Å². The molecule has 0 aromatic carbocycles. The second-order valence-corrected chi connectivity index (χ2v) is 10.6. The number of likely N-dealkylation sites (tertiary alicyclic amines) is 1. The van der Waals surface area contributed by atoms with Gasteiger partial charge in [0.25, 0.3) is 5.91 Å². The molecule has 4 nitrogen and oxygen atoms in total. The third kappa shape index (κ3) is 3.46. The first kappa shape index (κ1) is 18.7. The van der Waals surface area contributed by atoms with Gasteiger partial charge in [0.05, 0.1) is 5.69 Å². The SMILES string of the molecule is CC1CCCN(C(=O)c2sc3nc4c(cc3c2N)CC(C(C)(C)C)CC4)C1. The van der Waals surface area contributed by atoms with E-state index in [1.807, 2.05) is 4.90 Å². The van der Waals surface area contributed by atoms with Crippen molar-refractivity contribution in [2.75, 3.05) is 18.8 Å². The molecule has 2 N–H and O–H groups in total. The average Bonchev–Trinajstić information content (AvgIpc) is 2.94. The van der Waals surface area contributed by atoms with Crippen molar-refractivity contribution in [3.05, 3.63) is 22.2 Å². The monoisotopic (exact) mass is 385 g/mol. The normalized spacial score (nSPS) is 23.5. The zero-order chi connectivity index (χ0) is 19.3. The van der Waals surface area contributed by atoms with Crippen LogP contribution in [0.15, 0.2) is 6.07 Å². The Kier molecular flexibility index (Phi) is 4.69. The summed E-state index contributed by atoms with van der Waals surface area (Å²) < 4.78 is 0. The number of nitrogen functional groups attached to an aromatic ring is 1. The van der Waals surface area contributed by atoms with Gasteiger partial charge in [-0.15, -0.1) is 11.3 Å². The number of rotatable bonds is 1. The molecule has 1 aliphatic carbocycles. The molecule has 0 radical (unpaired) electrons. The van der Waals surface area contributed by atoms with Gasteiger partial charge in [-0.05, 0) is 61.0 Å². The number of thiophene rings is 1. The largest absolute Gasteiger partial charge is 0.397 e. The summed E-state index contributed by atoms with van der Waals surface area (Å²) in [5.41, 5.74) is 9.92. The summed E-state index contributed by atoms with van der Waals surface area (Å²) in [6, 6.07) is 2.22. The Bertz CT molecular complexity index is 880. The molecule has 146 valence electrons. The summed E-state index contributed by atoms with van der Waals surface area (Å²) in [4.78, 5) is 21.6. The Balaban J connectivity index is 1.67. The zero-order valence-corrected chi connectivity index (χ0v) is 17.8. The summed E-state index contributed by atoms with van der Waals surface area (Å²) in [6.07, 6.45) is 5.56. The van der Waals surface area contributed by atoms with Crippen LogP contribution in [0, 0.1) is 17.3 Å². The molecule has 1 saturated heterocycles. The van der Waals surface area contributed by atoms with Crippen LogP contribution >= 0.6 is 11.3 Å². The van der Waals surface area contributed by atoms with E-state index in [9.17, 15) is 4.79 Å².